The average Bonchev–Trinajstić information content (AvgIpc) is 2.43. The fourth-order valence-electron chi connectivity index (χ4n) is 1.69. The van der Waals surface area contributed by atoms with Gasteiger partial charge < -0.3 is 15.4 Å². The van der Waals surface area contributed by atoms with Crippen LogP contribution in [0.25, 0.3) is 0 Å². The molecule has 0 fully saturated rings. The number of nitrogen functional groups attached to an aromatic ring is 1. The number of nitrogens with two attached hydrogens (primary N) is 1. The van der Waals surface area contributed by atoms with Crippen molar-refractivity contribution in [2.45, 2.75) is 0 Å². The minimum Gasteiger partial charge on any atom is -0.454 e. The maximum atomic E-state index is 12.0. The largest absolute Gasteiger partial charge is 0.454 e. The number of carbonyl (C=O) groups excluding carboxylic acids is 1. The van der Waals surface area contributed by atoms with Crippen molar-refractivity contribution in [3.8, 4) is 11.5 Å². The lowest BCUT2D eigenvalue weighted by atomic mass is 10.1. The smallest absolute Gasteiger partial charge is 0.253 e. The molecular formula is C15H14BrClN2O2. The van der Waals surface area contributed by atoms with Gasteiger partial charge in [-0.05, 0) is 52.3 Å². The summed E-state index contributed by atoms with van der Waals surface area (Å²) in [4.78, 5) is 13.5. The third-order valence-electron chi connectivity index (χ3n) is 2.78. The van der Waals surface area contributed by atoms with Gasteiger partial charge in [-0.1, -0.05) is 11.6 Å². The third kappa shape index (κ3) is 3.68. The molecule has 2 aromatic carbocycles. The number of hydrogen-bond donors (Lipinski definition) is 1. The van der Waals surface area contributed by atoms with Crippen LogP contribution >= 0.6 is 27.5 Å². The first-order valence-electron chi connectivity index (χ1n) is 6.12. The van der Waals surface area contributed by atoms with Crippen LogP contribution < -0.4 is 10.5 Å². The summed E-state index contributed by atoms with van der Waals surface area (Å²) in [6.07, 6.45) is 0. The van der Waals surface area contributed by atoms with Gasteiger partial charge in [-0.3, -0.25) is 4.79 Å². The fourth-order valence-corrected chi connectivity index (χ4v) is 2.45. The molecule has 0 heterocycles. The molecule has 0 saturated carbocycles. The van der Waals surface area contributed by atoms with Crippen LogP contribution in [-0.2, 0) is 0 Å². The van der Waals surface area contributed by atoms with Gasteiger partial charge in [-0.15, -0.1) is 0 Å². The summed E-state index contributed by atoms with van der Waals surface area (Å²) in [5, 5.41) is 0.596. The number of benzene rings is 2. The molecule has 0 aliphatic carbocycles. The number of hydrogen-bond acceptors (Lipinski definition) is 3. The van der Waals surface area contributed by atoms with Gasteiger partial charge >= 0.3 is 0 Å². The van der Waals surface area contributed by atoms with Crippen molar-refractivity contribution in [3.05, 3.63) is 51.5 Å². The molecule has 0 aromatic heterocycles. The summed E-state index contributed by atoms with van der Waals surface area (Å²) in [7, 11) is 3.38. The minimum absolute atomic E-state index is 0.116. The SMILES string of the molecule is CN(C)C(=O)c1ccc(N)c(Oc2ccc(Cl)cc2Br)c1. The van der Waals surface area contributed by atoms with Crippen LogP contribution in [0, 0.1) is 0 Å². The molecule has 0 radical (unpaired) electrons. The highest BCUT2D eigenvalue weighted by molar-refractivity contribution is 9.10. The van der Waals surface area contributed by atoms with Gasteiger partial charge in [0.1, 0.15) is 5.75 Å². The van der Waals surface area contributed by atoms with Gasteiger partial charge in [0.25, 0.3) is 5.91 Å². The van der Waals surface area contributed by atoms with E-state index in [-0.39, 0.29) is 5.91 Å². The van der Waals surface area contributed by atoms with Crippen LogP contribution in [0.2, 0.25) is 5.02 Å². The molecule has 0 saturated heterocycles. The van der Waals surface area contributed by atoms with E-state index in [4.69, 9.17) is 22.1 Å². The molecule has 0 unspecified atom stereocenters. The number of anilines is 1. The predicted molar refractivity (Wildman–Crippen MR) is 88.1 cm³/mol. The van der Waals surface area contributed by atoms with Crippen LogP contribution in [-0.4, -0.2) is 24.9 Å². The first-order chi connectivity index (χ1) is 9.88. The van der Waals surface area contributed by atoms with E-state index >= 15 is 0 Å². The quantitative estimate of drug-likeness (QED) is 0.826. The van der Waals surface area contributed by atoms with E-state index in [1.54, 1.807) is 50.5 Å². The normalized spacial score (nSPS) is 10.3. The molecule has 1 amide bonds. The number of ether oxygens (including phenoxy) is 1. The molecule has 110 valence electrons. The van der Waals surface area contributed by atoms with Crippen LogP contribution in [0.4, 0.5) is 5.69 Å². The van der Waals surface area contributed by atoms with E-state index in [9.17, 15) is 4.79 Å². The topological polar surface area (TPSA) is 55.6 Å². The Morgan fingerprint density at radius 1 is 1.19 bits per heavy atom. The lowest BCUT2D eigenvalue weighted by molar-refractivity contribution is 0.0827. The number of nitrogens with zero attached hydrogens (tertiary/aromatic N) is 1. The van der Waals surface area contributed by atoms with E-state index in [2.05, 4.69) is 15.9 Å². The van der Waals surface area contributed by atoms with Crippen molar-refractivity contribution < 1.29 is 9.53 Å². The number of rotatable bonds is 3. The van der Waals surface area contributed by atoms with Gasteiger partial charge in [0.15, 0.2) is 5.75 Å². The molecule has 2 rings (SSSR count). The van der Waals surface area contributed by atoms with E-state index in [1.807, 2.05) is 0 Å². The molecule has 0 aliphatic heterocycles. The van der Waals surface area contributed by atoms with Gasteiger partial charge in [-0.2, -0.15) is 0 Å². The first kappa shape index (κ1) is 15.7. The zero-order chi connectivity index (χ0) is 15.6. The van der Waals surface area contributed by atoms with Gasteiger partial charge in [0.2, 0.25) is 0 Å². The first-order valence-corrected chi connectivity index (χ1v) is 7.29. The molecule has 21 heavy (non-hydrogen) atoms. The molecule has 6 heteroatoms. The highest BCUT2D eigenvalue weighted by Crippen LogP contribution is 2.34. The molecule has 4 nitrogen and oxygen atoms in total. The van der Waals surface area contributed by atoms with Crippen LogP contribution in [0.5, 0.6) is 11.5 Å². The summed E-state index contributed by atoms with van der Waals surface area (Å²) in [5.41, 5.74) is 6.86. The Kier molecular flexibility index (Phi) is 4.75. The monoisotopic (exact) mass is 368 g/mol. The van der Waals surface area contributed by atoms with Gasteiger partial charge in [-0.25, -0.2) is 0 Å². The minimum atomic E-state index is -0.116. The highest BCUT2D eigenvalue weighted by atomic mass is 79.9. The summed E-state index contributed by atoms with van der Waals surface area (Å²) in [5.74, 6) is 0.876. The second-order valence-electron chi connectivity index (χ2n) is 4.63. The molecule has 0 spiro atoms. The van der Waals surface area contributed by atoms with Crippen molar-refractivity contribution >= 4 is 39.1 Å². The lowest BCUT2D eigenvalue weighted by Gasteiger charge is -2.14. The van der Waals surface area contributed by atoms with E-state index in [0.717, 1.165) is 0 Å². The fraction of sp³-hybridized carbons (Fsp3) is 0.133. The zero-order valence-corrected chi connectivity index (χ0v) is 13.9. The second-order valence-corrected chi connectivity index (χ2v) is 5.92. The Labute approximate surface area is 136 Å². The standard InChI is InChI=1S/C15H14BrClN2O2/c1-19(2)15(20)9-3-5-12(18)14(7-9)21-13-6-4-10(17)8-11(13)16/h3-8H,18H2,1-2H3. The summed E-state index contributed by atoms with van der Waals surface area (Å²) in [6, 6.07) is 10.1. The van der Waals surface area contributed by atoms with Crippen molar-refractivity contribution in [2.24, 2.45) is 0 Å². The Balaban J connectivity index is 2.35. The molecule has 0 atom stereocenters. The Hall–Kier alpha value is -1.72. The molecule has 2 N–H and O–H groups in total. The van der Waals surface area contributed by atoms with Crippen LogP contribution in [0.3, 0.4) is 0 Å². The Bertz CT molecular complexity index is 689. The van der Waals surface area contributed by atoms with E-state index in [0.29, 0.717) is 32.2 Å². The van der Waals surface area contributed by atoms with Gasteiger partial charge in [0.05, 0.1) is 10.2 Å². The van der Waals surface area contributed by atoms with E-state index < -0.39 is 0 Å². The number of carbonyl (C=O) groups is 1. The number of halogens is 2. The number of amides is 1. The van der Waals surface area contributed by atoms with E-state index in [1.165, 1.54) is 4.90 Å². The molecular weight excluding hydrogens is 356 g/mol. The average molecular weight is 370 g/mol. The van der Waals surface area contributed by atoms with Crippen molar-refractivity contribution in [1.82, 2.24) is 4.90 Å². The van der Waals surface area contributed by atoms with Crippen LogP contribution in [0.1, 0.15) is 10.4 Å². The molecule has 0 aliphatic rings. The van der Waals surface area contributed by atoms with Crippen LogP contribution in [0.15, 0.2) is 40.9 Å². The zero-order valence-electron chi connectivity index (χ0n) is 11.6. The molecule has 0 bridgehead atoms. The third-order valence-corrected chi connectivity index (χ3v) is 3.64. The maximum absolute atomic E-state index is 12.0. The molecule has 2 aromatic rings. The Morgan fingerprint density at radius 3 is 2.52 bits per heavy atom. The lowest BCUT2D eigenvalue weighted by Crippen LogP contribution is -2.21. The Morgan fingerprint density at radius 2 is 1.90 bits per heavy atom. The van der Waals surface area contributed by atoms with Crippen molar-refractivity contribution in [3.63, 3.8) is 0 Å². The van der Waals surface area contributed by atoms with Gasteiger partial charge in [0, 0.05) is 24.7 Å². The maximum Gasteiger partial charge on any atom is 0.253 e. The summed E-state index contributed by atoms with van der Waals surface area (Å²) >= 11 is 9.27. The summed E-state index contributed by atoms with van der Waals surface area (Å²) in [6.45, 7) is 0. The predicted octanol–water partition coefficient (Wildman–Crippen LogP) is 4.18. The van der Waals surface area contributed by atoms with Crippen molar-refractivity contribution in [1.29, 1.82) is 0 Å². The summed E-state index contributed by atoms with van der Waals surface area (Å²) < 4.78 is 6.47. The highest BCUT2D eigenvalue weighted by Gasteiger charge is 2.12. The van der Waals surface area contributed by atoms with Crippen molar-refractivity contribution in [2.75, 3.05) is 19.8 Å². The second kappa shape index (κ2) is 6.37.